The Morgan fingerprint density at radius 3 is 2.71 bits per heavy atom. The van der Waals surface area contributed by atoms with Gasteiger partial charge in [-0.3, -0.25) is 4.79 Å². The van der Waals surface area contributed by atoms with Crippen molar-refractivity contribution in [3.8, 4) is 0 Å². The third-order valence-corrected chi connectivity index (χ3v) is 4.84. The van der Waals surface area contributed by atoms with Crippen molar-refractivity contribution in [3.63, 3.8) is 0 Å². The molecule has 1 atom stereocenters. The molecule has 2 aromatic rings. The molecule has 1 N–H and O–H groups in total. The molecule has 1 aliphatic rings. The maximum absolute atomic E-state index is 12.2. The summed E-state index contributed by atoms with van der Waals surface area (Å²) in [5.41, 5.74) is 2.78. The number of para-hydroxylation sites is 1. The second-order valence-corrected chi connectivity index (χ2v) is 8.33. The number of nitrogens with zero attached hydrogens (tertiary/aromatic N) is 1. The normalized spacial score (nSPS) is 16.5. The highest BCUT2D eigenvalue weighted by atomic mass is 16.6. The zero-order chi connectivity index (χ0) is 20.3. The first-order valence-corrected chi connectivity index (χ1v) is 10.0. The van der Waals surface area contributed by atoms with E-state index < -0.39 is 5.60 Å². The molecule has 0 radical (unpaired) electrons. The molecule has 0 aliphatic carbocycles. The molecule has 152 valence electrons. The fraction of sp³-hybridized carbons (Fsp3) is 0.545. The molecule has 2 heterocycles. The van der Waals surface area contributed by atoms with E-state index >= 15 is 0 Å². The van der Waals surface area contributed by atoms with Crippen molar-refractivity contribution >= 4 is 23.0 Å². The van der Waals surface area contributed by atoms with Crippen LogP contribution in [0.5, 0.6) is 0 Å². The van der Waals surface area contributed by atoms with Crippen LogP contribution in [0, 0.1) is 0 Å². The average Bonchev–Trinajstić information content (AvgIpc) is 2.92. The van der Waals surface area contributed by atoms with Crippen LogP contribution in [-0.2, 0) is 33.7 Å². The van der Waals surface area contributed by atoms with Crippen molar-refractivity contribution in [2.45, 2.75) is 71.6 Å². The minimum absolute atomic E-state index is 0.00181. The molecule has 6 heteroatoms. The number of amides is 1. The third kappa shape index (κ3) is 4.66. The SMILES string of the molecule is CCCOC(=O)Cc1c2n(c3ccccc13)C[C@H](NC(=O)OC(C)(C)C)CC2. The van der Waals surface area contributed by atoms with Crippen molar-refractivity contribution in [2.24, 2.45) is 0 Å². The summed E-state index contributed by atoms with van der Waals surface area (Å²) in [5, 5.41) is 4.07. The minimum Gasteiger partial charge on any atom is -0.465 e. The number of benzene rings is 1. The standard InChI is InChI=1S/C22H30N2O4/c1-5-12-27-20(25)13-17-16-8-6-7-9-18(16)24-14-15(10-11-19(17)24)23-21(26)28-22(2,3)4/h6-9,15H,5,10-14H2,1-4H3,(H,23,26)/t15-/m1/s1. The number of alkyl carbamates (subject to hydrolysis) is 1. The summed E-state index contributed by atoms with van der Waals surface area (Å²) in [5.74, 6) is -0.185. The Kier molecular flexibility index (Phi) is 5.96. The summed E-state index contributed by atoms with van der Waals surface area (Å²) >= 11 is 0. The first kappa shape index (κ1) is 20.2. The molecular weight excluding hydrogens is 356 g/mol. The number of carbonyl (C=O) groups excluding carboxylic acids is 2. The van der Waals surface area contributed by atoms with Gasteiger partial charge in [-0.25, -0.2) is 4.79 Å². The third-order valence-electron chi connectivity index (χ3n) is 4.84. The fourth-order valence-electron chi connectivity index (χ4n) is 3.75. The van der Waals surface area contributed by atoms with E-state index in [0.717, 1.165) is 41.4 Å². The molecule has 3 rings (SSSR count). The monoisotopic (exact) mass is 386 g/mol. The minimum atomic E-state index is -0.518. The molecule has 1 amide bonds. The maximum atomic E-state index is 12.2. The number of esters is 1. The van der Waals surface area contributed by atoms with Gasteiger partial charge in [0.1, 0.15) is 5.60 Å². The highest BCUT2D eigenvalue weighted by Gasteiger charge is 2.28. The highest BCUT2D eigenvalue weighted by Crippen LogP contribution is 2.31. The Morgan fingerprint density at radius 2 is 2.00 bits per heavy atom. The van der Waals surface area contributed by atoms with Crippen molar-refractivity contribution in [1.29, 1.82) is 0 Å². The van der Waals surface area contributed by atoms with Gasteiger partial charge in [-0.05, 0) is 51.7 Å². The number of carbonyl (C=O) groups is 2. The molecule has 1 aromatic heterocycles. The molecule has 0 unspecified atom stereocenters. The predicted molar refractivity (Wildman–Crippen MR) is 108 cm³/mol. The smallest absolute Gasteiger partial charge is 0.407 e. The first-order valence-electron chi connectivity index (χ1n) is 10.0. The van der Waals surface area contributed by atoms with E-state index in [1.807, 2.05) is 39.8 Å². The molecule has 0 saturated carbocycles. The van der Waals surface area contributed by atoms with Crippen LogP contribution in [0.2, 0.25) is 0 Å². The second-order valence-electron chi connectivity index (χ2n) is 8.33. The van der Waals surface area contributed by atoms with E-state index in [4.69, 9.17) is 9.47 Å². The number of hydrogen-bond donors (Lipinski definition) is 1. The molecule has 1 aromatic carbocycles. The molecule has 1 aliphatic heterocycles. The van der Waals surface area contributed by atoms with Crippen LogP contribution in [-0.4, -0.2) is 34.9 Å². The predicted octanol–water partition coefficient (Wildman–Crippen LogP) is 3.98. The lowest BCUT2D eigenvalue weighted by Crippen LogP contribution is -2.43. The summed E-state index contributed by atoms with van der Waals surface area (Å²) < 4.78 is 12.9. The van der Waals surface area contributed by atoms with Gasteiger partial charge in [0.15, 0.2) is 0 Å². The molecule has 6 nitrogen and oxygen atoms in total. The van der Waals surface area contributed by atoms with E-state index in [1.54, 1.807) is 0 Å². The van der Waals surface area contributed by atoms with E-state index in [0.29, 0.717) is 13.2 Å². The zero-order valence-electron chi connectivity index (χ0n) is 17.2. The van der Waals surface area contributed by atoms with Crippen molar-refractivity contribution in [1.82, 2.24) is 9.88 Å². The van der Waals surface area contributed by atoms with Gasteiger partial charge < -0.3 is 19.4 Å². The summed E-state index contributed by atoms with van der Waals surface area (Å²) in [6.45, 7) is 8.67. The summed E-state index contributed by atoms with van der Waals surface area (Å²) in [6.07, 6.45) is 2.32. The molecule has 0 saturated heterocycles. The van der Waals surface area contributed by atoms with Gasteiger partial charge in [-0.1, -0.05) is 25.1 Å². The van der Waals surface area contributed by atoms with Crippen LogP contribution in [0.15, 0.2) is 24.3 Å². The summed E-state index contributed by atoms with van der Waals surface area (Å²) in [6, 6.07) is 8.11. The van der Waals surface area contributed by atoms with E-state index in [9.17, 15) is 9.59 Å². The first-order chi connectivity index (χ1) is 13.3. The van der Waals surface area contributed by atoms with Crippen molar-refractivity contribution in [2.75, 3.05) is 6.61 Å². The number of hydrogen-bond acceptors (Lipinski definition) is 4. The van der Waals surface area contributed by atoms with Crippen LogP contribution in [0.25, 0.3) is 10.9 Å². The average molecular weight is 386 g/mol. The zero-order valence-corrected chi connectivity index (χ0v) is 17.2. The Hall–Kier alpha value is -2.50. The summed E-state index contributed by atoms with van der Waals surface area (Å²) in [7, 11) is 0. The van der Waals surface area contributed by atoms with Gasteiger partial charge in [0, 0.05) is 23.1 Å². The quantitative estimate of drug-likeness (QED) is 0.789. The Balaban J connectivity index is 1.81. The van der Waals surface area contributed by atoms with Crippen LogP contribution >= 0.6 is 0 Å². The van der Waals surface area contributed by atoms with Gasteiger partial charge in [0.2, 0.25) is 0 Å². The number of aromatic nitrogens is 1. The van der Waals surface area contributed by atoms with Crippen LogP contribution in [0.1, 0.15) is 51.8 Å². The maximum Gasteiger partial charge on any atom is 0.407 e. The molecule has 0 spiro atoms. The van der Waals surface area contributed by atoms with E-state index in [2.05, 4.69) is 22.0 Å². The van der Waals surface area contributed by atoms with Crippen LogP contribution in [0.3, 0.4) is 0 Å². The van der Waals surface area contributed by atoms with Crippen molar-refractivity contribution in [3.05, 3.63) is 35.5 Å². The fourth-order valence-corrected chi connectivity index (χ4v) is 3.75. The number of rotatable bonds is 5. The highest BCUT2D eigenvalue weighted by molar-refractivity contribution is 5.89. The molecule has 28 heavy (non-hydrogen) atoms. The number of fused-ring (bicyclic) bond motifs is 3. The lowest BCUT2D eigenvalue weighted by atomic mass is 10.0. The lowest BCUT2D eigenvalue weighted by Gasteiger charge is -2.28. The van der Waals surface area contributed by atoms with Gasteiger partial charge in [-0.2, -0.15) is 0 Å². The Bertz CT molecular complexity index is 863. The van der Waals surface area contributed by atoms with Crippen LogP contribution in [0.4, 0.5) is 4.79 Å². The lowest BCUT2D eigenvalue weighted by molar-refractivity contribution is -0.142. The summed E-state index contributed by atoms with van der Waals surface area (Å²) in [4.78, 5) is 24.4. The van der Waals surface area contributed by atoms with E-state index in [1.165, 1.54) is 0 Å². The second kappa shape index (κ2) is 8.25. The Morgan fingerprint density at radius 1 is 1.25 bits per heavy atom. The van der Waals surface area contributed by atoms with Gasteiger partial charge in [0.25, 0.3) is 0 Å². The van der Waals surface area contributed by atoms with Gasteiger partial charge in [0.05, 0.1) is 19.1 Å². The number of ether oxygens (including phenoxy) is 2. The Labute approximate surface area is 166 Å². The van der Waals surface area contributed by atoms with Crippen molar-refractivity contribution < 1.29 is 19.1 Å². The molecule has 0 fully saturated rings. The largest absolute Gasteiger partial charge is 0.465 e. The van der Waals surface area contributed by atoms with Gasteiger partial charge in [-0.15, -0.1) is 0 Å². The molecule has 0 bridgehead atoms. The topological polar surface area (TPSA) is 69.6 Å². The van der Waals surface area contributed by atoms with Crippen LogP contribution < -0.4 is 5.32 Å². The number of nitrogens with one attached hydrogen (secondary N) is 1. The molecular formula is C22H30N2O4. The van der Waals surface area contributed by atoms with E-state index in [-0.39, 0.29) is 24.5 Å². The van der Waals surface area contributed by atoms with Gasteiger partial charge >= 0.3 is 12.1 Å².